The van der Waals surface area contributed by atoms with Crippen LogP contribution in [0.3, 0.4) is 0 Å². The minimum absolute atomic E-state index is 0.00180. The van der Waals surface area contributed by atoms with Crippen LogP contribution in [0.15, 0.2) is 60.7 Å². The fourth-order valence-electron chi connectivity index (χ4n) is 14.7. The Morgan fingerprint density at radius 2 is 1.01 bits per heavy atom. The van der Waals surface area contributed by atoms with Gasteiger partial charge < -0.3 is 140 Å². The third kappa shape index (κ3) is 41.0. The van der Waals surface area contributed by atoms with Crippen molar-refractivity contribution in [3.8, 4) is 5.75 Å². The second kappa shape index (κ2) is 60.5. The quantitative estimate of drug-likeness (QED) is 0.0238. The van der Waals surface area contributed by atoms with E-state index in [4.69, 9.17) is 39.4 Å². The number of carboxylic acids is 1. The molecule has 31 N–H and O–H groups in total. The van der Waals surface area contributed by atoms with E-state index in [9.17, 15) is 116 Å². The molecule has 1 fully saturated rings. The largest absolute Gasteiger partial charge is 0.508 e. The van der Waals surface area contributed by atoms with Crippen LogP contribution in [0.25, 0.3) is 0 Å². The highest BCUT2D eigenvalue weighted by Crippen LogP contribution is 2.25. The molecule has 0 radical (unpaired) electrons. The predicted molar refractivity (Wildman–Crippen MR) is 528 cm³/mol. The van der Waals surface area contributed by atoms with E-state index < -0.39 is 265 Å². The number of rotatable bonds is 37. The number of nitrogens with two attached hydrogens (primary N) is 6. The number of likely N-dealkylation sites (tertiary alicyclic amines) is 1. The summed E-state index contributed by atoms with van der Waals surface area (Å²) < 4.78 is 0. The van der Waals surface area contributed by atoms with Crippen molar-refractivity contribution in [2.45, 2.75) is 264 Å². The van der Waals surface area contributed by atoms with Crippen LogP contribution in [0.1, 0.15) is 160 Å². The molecule has 50 nitrogen and oxygen atoms in total. The van der Waals surface area contributed by atoms with Crippen molar-refractivity contribution in [2.75, 3.05) is 49.3 Å². The van der Waals surface area contributed by atoms with Gasteiger partial charge in [0.2, 0.25) is 124 Å². The number of nitrogens with zero attached hydrogens (tertiary/aromatic N) is 3. The van der Waals surface area contributed by atoms with Gasteiger partial charge in [0.15, 0.2) is 0 Å². The van der Waals surface area contributed by atoms with E-state index in [0.29, 0.717) is 28.3 Å². The van der Waals surface area contributed by atoms with E-state index in [-0.39, 0.29) is 148 Å². The molecule has 0 aliphatic carbocycles. The highest BCUT2D eigenvalue weighted by Gasteiger charge is 2.43. The van der Waals surface area contributed by atoms with E-state index in [1.807, 2.05) is 0 Å². The standard InChI is InChI=1S/C90H133N25O25S4/c1-8-45(4)73-89(139)100-48(7)77(127)113-66(43-144-39-53-17-12-16-51(102-53)37-142-41-64(111-78(128)55(92)24-26-68(93)118)86(136)106-58(30-44(2)3)81(131)107-59(83(133)114-73)31-49-20-22-54(117)23-21-49)90(140)115-29-13-19-67(115)88(138)110-62(35-116)84(134)99-46(5)75(125)98-47(6)76(126)105-57(18-9-10-28-91)80(130)112-65-42-143-38-52-15-11-14-50(101-52)36-141-40-63(85(135)104-56(74(96)124)25-27-69(94)119)103-71(121)34-97-79(129)60(32-70(95)120)108-82(132)61(33-72(122)123)109-87(65)137/h11-12,14-17,20-23,44-48,55-67,73,116-117H,8-10,13,18-19,24-43,91-92H2,1-7H3,(H2,93,118)(H2,94,119)(H2,95,120)(H2,96,124)(H,97,129)(H,98,125)(H,99,134)(H,100,139)(H,103,121)(H,104,135)(H,105,126)(H,106,136)(H,107,131)(H,108,132)(H,109,137)(H,110,138)(H,111,128)(H,112,130)(H,113,127)(H,114,133)(H,122,123)/t45-,46-,47-,48-,55-,56-,57-,58-,59-,60-,61-,62-,63-,64-,65-,66-,67-,73-/m0/s1. The molecule has 1 saturated heterocycles. The van der Waals surface area contributed by atoms with Crippen molar-refractivity contribution in [1.29, 1.82) is 0 Å². The number of thioether (sulfide) groups is 4. The number of aliphatic hydroxyl groups is 1. The van der Waals surface area contributed by atoms with E-state index in [1.165, 1.54) is 56.8 Å². The lowest BCUT2D eigenvalue weighted by Gasteiger charge is -2.31. The van der Waals surface area contributed by atoms with Gasteiger partial charge in [0.25, 0.3) is 0 Å². The van der Waals surface area contributed by atoms with Crippen LogP contribution in [0, 0.1) is 11.8 Å². The van der Waals surface area contributed by atoms with Crippen molar-refractivity contribution in [3.05, 3.63) is 89.0 Å². The normalized spacial score (nSPS) is 22.4. The number of carbonyl (C=O) groups is 22. The summed E-state index contributed by atoms with van der Waals surface area (Å²) in [5.74, 6) is -23.9. The fraction of sp³-hybridized carbons (Fsp3) is 0.578. The van der Waals surface area contributed by atoms with Crippen molar-refractivity contribution in [1.82, 2.24) is 99.9 Å². The molecule has 2 aromatic heterocycles. The minimum Gasteiger partial charge on any atom is -0.508 e. The number of hydrogen-bond donors (Lipinski definition) is 25. The van der Waals surface area contributed by atoms with Crippen molar-refractivity contribution in [3.63, 3.8) is 0 Å². The Morgan fingerprint density at radius 1 is 0.507 bits per heavy atom. The van der Waals surface area contributed by atoms with Crippen LogP contribution < -0.4 is 119 Å². The molecule has 3 aliphatic rings. The maximum Gasteiger partial charge on any atom is 0.305 e. The highest BCUT2D eigenvalue weighted by molar-refractivity contribution is 7.99. The van der Waals surface area contributed by atoms with Gasteiger partial charge in [-0.15, -0.1) is 0 Å². The average Bonchev–Trinajstić information content (AvgIpc) is 1.61. The first kappa shape index (κ1) is 120. The Morgan fingerprint density at radius 3 is 1.56 bits per heavy atom. The van der Waals surface area contributed by atoms with Crippen LogP contribution in [0.5, 0.6) is 5.75 Å². The molecule has 21 amide bonds. The van der Waals surface area contributed by atoms with Crippen molar-refractivity contribution in [2.24, 2.45) is 46.2 Å². The minimum atomic E-state index is -2.08. The first-order valence-electron chi connectivity index (χ1n) is 46.7. The number of amides is 21. The summed E-state index contributed by atoms with van der Waals surface area (Å²) in [4.78, 5) is 314. The maximum atomic E-state index is 15.2. The van der Waals surface area contributed by atoms with Gasteiger partial charge in [0.05, 0.1) is 54.8 Å². The van der Waals surface area contributed by atoms with Gasteiger partial charge in [0, 0.05) is 71.8 Å². The summed E-state index contributed by atoms with van der Waals surface area (Å²) in [5, 5.41) is 70.9. The highest BCUT2D eigenvalue weighted by atomic mass is 32.2. The molecule has 0 saturated carbocycles. The molecule has 6 rings (SSSR count). The number of phenols is 1. The smallest absolute Gasteiger partial charge is 0.305 e. The Kier molecular flexibility index (Phi) is 50.3. The number of carbonyl (C=O) groups excluding carboxylic acids is 21. The number of nitrogens with one attached hydrogen (secondary N) is 16. The molecular weight excluding hydrogens is 1960 g/mol. The summed E-state index contributed by atoms with van der Waals surface area (Å²) in [6.45, 7) is 8.69. The number of pyridine rings is 2. The zero-order valence-electron chi connectivity index (χ0n) is 80.9. The number of unbranched alkanes of at least 4 members (excludes halogenated alkanes) is 1. The molecule has 1 aromatic carbocycles. The van der Waals surface area contributed by atoms with Gasteiger partial charge in [-0.1, -0.05) is 58.4 Å². The van der Waals surface area contributed by atoms with Crippen LogP contribution in [-0.2, 0) is 135 Å². The Bertz CT molecular complexity index is 5050. The number of aliphatic carboxylic acids is 1. The third-order valence-electron chi connectivity index (χ3n) is 22.9. The number of carboxylic acid groups (broad SMARTS) is 1. The molecule has 0 spiro atoms. The number of benzene rings is 1. The number of primary amides is 4. The van der Waals surface area contributed by atoms with Gasteiger partial charge in [-0.05, 0) is 132 Å². The lowest BCUT2D eigenvalue weighted by molar-refractivity contribution is -0.142. The second-order valence-electron chi connectivity index (χ2n) is 35.3. The summed E-state index contributed by atoms with van der Waals surface area (Å²) in [7, 11) is 0. The van der Waals surface area contributed by atoms with E-state index in [0.717, 1.165) is 40.2 Å². The number of fused-ring (bicyclic) bond motifs is 4. The van der Waals surface area contributed by atoms with Gasteiger partial charge in [-0.25, -0.2) is 0 Å². The lowest BCUT2D eigenvalue weighted by atomic mass is 9.96. The van der Waals surface area contributed by atoms with Crippen LogP contribution in [-0.4, -0.2) is 312 Å². The SMILES string of the molecule is CC[C@H](C)[C@@H]1NC(=O)[C@H](Cc2ccc(O)cc2)NC(=O)[C@H](CC(C)C)NC(=O)[C@@H](NC(=O)[C@@H](N)CCC(N)=O)CSCc2cccc(n2)CSC[C@@H](C(=O)N2CCC[C@H]2C(=O)N[C@@H](CO)C(=O)N[C@@H](C)C(=O)N[C@@H](C)C(=O)N[C@@H](CCCCN)C(=O)N[C@H]2CSCc3cccc(n3)CSC[C@@H](C(=O)N[C@@H](CCC(N)=O)C(N)=O)NC(=O)CNC(=O)[C@H](CC(N)=O)NC(=O)[C@H](CC(=O)O)NC2=O)NC(=O)[C@H](C)NC1=O. The Labute approximate surface area is 847 Å². The molecule has 0 unspecified atom stereocenters. The first-order valence-corrected chi connectivity index (χ1v) is 51.3. The zero-order chi connectivity index (χ0) is 107. The lowest BCUT2D eigenvalue weighted by Crippen LogP contribution is -2.61. The maximum absolute atomic E-state index is 15.2. The third-order valence-corrected chi connectivity index (χ3v) is 27.2. The molecule has 3 aliphatic heterocycles. The zero-order valence-corrected chi connectivity index (χ0v) is 84.2. The molecule has 4 bridgehead atoms. The number of phenolic OH excluding ortho intramolecular Hbond substituents is 1. The van der Waals surface area contributed by atoms with Crippen LogP contribution in [0.4, 0.5) is 0 Å². The summed E-state index contributed by atoms with van der Waals surface area (Å²) in [5.41, 5.74) is 35.7. The fourth-order valence-corrected chi connectivity index (χ4v) is 18.5. The van der Waals surface area contributed by atoms with E-state index in [1.54, 1.807) is 64.1 Å². The molecule has 5 heterocycles. The van der Waals surface area contributed by atoms with E-state index in [2.05, 4.69) is 90.1 Å². The Balaban J connectivity index is 1.20. The molecular formula is C90H133N25O25S4. The number of aromatic hydroxyl groups is 1. The van der Waals surface area contributed by atoms with Gasteiger partial charge in [-0.2, -0.15) is 47.0 Å². The average molecular weight is 2090 g/mol. The van der Waals surface area contributed by atoms with Crippen LogP contribution >= 0.6 is 47.0 Å². The number of hydrogen-bond acceptors (Lipinski definition) is 32. The Hall–Kier alpha value is -13.1. The molecule has 54 heteroatoms. The number of aliphatic hydroxyl groups excluding tert-OH is 1. The first-order chi connectivity index (χ1) is 68.2. The monoisotopic (exact) mass is 2090 g/mol. The topological polar surface area (TPSA) is 814 Å². The molecule has 144 heavy (non-hydrogen) atoms. The summed E-state index contributed by atoms with van der Waals surface area (Å²) in [6, 6.07) is -10.6. The molecule has 18 atom stereocenters. The van der Waals surface area contributed by atoms with E-state index >= 15 is 4.79 Å². The van der Waals surface area contributed by atoms with Gasteiger partial charge in [0.1, 0.15) is 102 Å². The van der Waals surface area contributed by atoms with Crippen molar-refractivity contribution < 1.29 is 121 Å². The molecule has 792 valence electrons. The number of aromatic nitrogens is 2. The molecule has 3 aromatic rings. The van der Waals surface area contributed by atoms with Crippen LogP contribution in [0.2, 0.25) is 0 Å². The van der Waals surface area contributed by atoms with Crippen molar-refractivity contribution >= 4 is 177 Å². The summed E-state index contributed by atoms with van der Waals surface area (Å²) in [6.07, 6.45) is -2.67. The predicted octanol–water partition coefficient (Wildman–Crippen LogP) is -7.57. The van der Waals surface area contributed by atoms with Gasteiger partial charge in [-0.3, -0.25) is 115 Å². The second-order valence-corrected chi connectivity index (χ2v) is 39.4. The summed E-state index contributed by atoms with van der Waals surface area (Å²) >= 11 is 4.38. The van der Waals surface area contributed by atoms with Gasteiger partial charge >= 0.3 is 5.97 Å².